The van der Waals surface area contributed by atoms with Crippen LogP contribution in [0.5, 0.6) is 0 Å². The number of sulfonamides is 1. The number of piperidine rings is 1. The molecule has 0 saturated carbocycles. The third kappa shape index (κ3) is 3.00. The molecule has 0 unspecified atom stereocenters. The molecule has 1 heterocycles. The molecule has 1 saturated heterocycles. The molecule has 0 aliphatic carbocycles. The van der Waals surface area contributed by atoms with Gasteiger partial charge in [-0.1, -0.05) is 11.6 Å². The molecule has 23 heavy (non-hydrogen) atoms. The molecule has 1 aromatic rings. The van der Waals surface area contributed by atoms with Crippen LogP contribution in [0.4, 0.5) is 0 Å². The lowest BCUT2D eigenvalue weighted by Crippen LogP contribution is -2.57. The Morgan fingerprint density at radius 3 is 2.39 bits per heavy atom. The van der Waals surface area contributed by atoms with Crippen LogP contribution in [0, 0.1) is 5.41 Å². The molecular formula is C15H18ClNO5S. The number of methoxy groups -OCH3 is 1. The van der Waals surface area contributed by atoms with Gasteiger partial charge in [-0.15, -0.1) is 0 Å². The highest BCUT2D eigenvalue weighted by Crippen LogP contribution is 2.38. The van der Waals surface area contributed by atoms with Crippen molar-refractivity contribution in [1.29, 1.82) is 0 Å². The summed E-state index contributed by atoms with van der Waals surface area (Å²) >= 11 is 5.77. The summed E-state index contributed by atoms with van der Waals surface area (Å²) in [6.45, 7) is 2.76. The first-order valence-electron chi connectivity index (χ1n) is 7.03. The molecule has 8 heteroatoms. The SMILES string of the molecule is CO[C@@H]1CC[C@@](C)(C(C)=O)C(=O)N1S(=O)(=O)c1ccc(Cl)cc1. The van der Waals surface area contributed by atoms with Crippen molar-refractivity contribution in [2.24, 2.45) is 5.41 Å². The van der Waals surface area contributed by atoms with Gasteiger partial charge in [-0.05, 0) is 51.0 Å². The van der Waals surface area contributed by atoms with Gasteiger partial charge in [0.15, 0.2) is 0 Å². The first-order chi connectivity index (χ1) is 10.6. The van der Waals surface area contributed by atoms with E-state index in [4.69, 9.17) is 16.3 Å². The average Bonchev–Trinajstić information content (AvgIpc) is 2.49. The second kappa shape index (κ2) is 6.22. The van der Waals surface area contributed by atoms with Crippen LogP contribution in [0.25, 0.3) is 0 Å². The van der Waals surface area contributed by atoms with E-state index in [1.54, 1.807) is 0 Å². The molecule has 126 valence electrons. The molecule has 0 N–H and O–H groups in total. The molecule has 0 spiro atoms. The Morgan fingerprint density at radius 1 is 1.35 bits per heavy atom. The quantitative estimate of drug-likeness (QED) is 0.770. The summed E-state index contributed by atoms with van der Waals surface area (Å²) in [5, 5.41) is 0.380. The average molecular weight is 360 g/mol. The number of rotatable bonds is 4. The van der Waals surface area contributed by atoms with E-state index in [1.807, 2.05) is 0 Å². The first kappa shape index (κ1) is 17.9. The Morgan fingerprint density at radius 2 is 1.91 bits per heavy atom. The smallest absolute Gasteiger partial charge is 0.268 e. The summed E-state index contributed by atoms with van der Waals surface area (Å²) in [5.41, 5.74) is -1.37. The van der Waals surface area contributed by atoms with Gasteiger partial charge in [0.2, 0.25) is 0 Å². The molecule has 2 atom stereocenters. The van der Waals surface area contributed by atoms with Gasteiger partial charge in [0.05, 0.1) is 4.90 Å². The molecule has 0 aromatic heterocycles. The van der Waals surface area contributed by atoms with Gasteiger partial charge in [0.1, 0.15) is 17.4 Å². The van der Waals surface area contributed by atoms with Crippen molar-refractivity contribution >= 4 is 33.3 Å². The van der Waals surface area contributed by atoms with Gasteiger partial charge in [0.25, 0.3) is 15.9 Å². The highest BCUT2D eigenvalue weighted by molar-refractivity contribution is 7.89. The van der Waals surface area contributed by atoms with Crippen molar-refractivity contribution in [1.82, 2.24) is 4.31 Å². The number of amides is 1. The number of hydrogen-bond acceptors (Lipinski definition) is 5. The Hall–Kier alpha value is -1.44. The number of ether oxygens (including phenoxy) is 1. The highest BCUT2D eigenvalue weighted by Gasteiger charge is 2.51. The van der Waals surface area contributed by atoms with E-state index < -0.39 is 27.6 Å². The van der Waals surface area contributed by atoms with Gasteiger partial charge in [0, 0.05) is 12.1 Å². The van der Waals surface area contributed by atoms with Crippen LogP contribution in [0.2, 0.25) is 5.02 Å². The normalized spacial score (nSPS) is 25.5. The summed E-state index contributed by atoms with van der Waals surface area (Å²) in [4.78, 5) is 24.6. The zero-order valence-corrected chi connectivity index (χ0v) is 14.6. The second-order valence-electron chi connectivity index (χ2n) is 5.68. The van der Waals surface area contributed by atoms with Crippen molar-refractivity contribution in [3.8, 4) is 0 Å². The molecule has 1 aromatic carbocycles. The maximum atomic E-state index is 12.9. The van der Waals surface area contributed by atoms with Crippen LogP contribution in [-0.2, 0) is 24.3 Å². The maximum absolute atomic E-state index is 12.9. The van der Waals surface area contributed by atoms with E-state index in [-0.39, 0.29) is 23.5 Å². The number of ketones is 1. The fourth-order valence-corrected chi connectivity index (χ4v) is 4.29. The molecule has 2 rings (SSSR count). The van der Waals surface area contributed by atoms with E-state index in [1.165, 1.54) is 45.2 Å². The monoisotopic (exact) mass is 359 g/mol. The van der Waals surface area contributed by atoms with Crippen LogP contribution in [0.1, 0.15) is 26.7 Å². The lowest BCUT2D eigenvalue weighted by molar-refractivity contribution is -0.157. The van der Waals surface area contributed by atoms with E-state index in [2.05, 4.69) is 0 Å². The minimum atomic E-state index is -4.15. The van der Waals surface area contributed by atoms with Gasteiger partial charge < -0.3 is 4.74 Å². The molecule has 0 bridgehead atoms. The fraction of sp³-hybridized carbons (Fsp3) is 0.467. The first-order valence-corrected chi connectivity index (χ1v) is 8.84. The van der Waals surface area contributed by atoms with Crippen molar-refractivity contribution in [2.45, 2.75) is 37.8 Å². The van der Waals surface area contributed by atoms with Crippen molar-refractivity contribution in [2.75, 3.05) is 7.11 Å². The second-order valence-corrected chi connectivity index (χ2v) is 7.93. The number of Topliss-reactive ketones (excluding diaryl/α,β-unsaturated/α-hetero) is 1. The summed E-state index contributed by atoms with van der Waals surface area (Å²) in [5.74, 6) is -1.13. The standard InChI is InChI=1S/C15H18ClNO5S/c1-10(18)15(2)9-8-13(22-3)17(14(15)19)23(20,21)12-6-4-11(16)5-7-12/h4-7,13H,8-9H2,1-3H3/t13-,15+/m1/s1. The molecule has 6 nitrogen and oxygen atoms in total. The van der Waals surface area contributed by atoms with Crippen LogP contribution < -0.4 is 0 Å². The number of carbonyl (C=O) groups excluding carboxylic acids is 2. The minimum absolute atomic E-state index is 0.0786. The molecule has 1 aliphatic rings. The molecule has 1 amide bonds. The third-order valence-corrected chi connectivity index (χ3v) is 6.28. The summed E-state index contributed by atoms with van der Waals surface area (Å²) < 4.78 is 31.6. The van der Waals surface area contributed by atoms with E-state index >= 15 is 0 Å². The molecular weight excluding hydrogens is 342 g/mol. The summed E-state index contributed by atoms with van der Waals surface area (Å²) in [6.07, 6.45) is -0.437. The van der Waals surface area contributed by atoms with E-state index in [0.717, 1.165) is 0 Å². The molecule has 0 radical (unpaired) electrons. The Kier molecular flexibility index (Phi) is 4.84. The van der Waals surface area contributed by atoms with Gasteiger partial charge in [-0.3, -0.25) is 9.59 Å². The van der Waals surface area contributed by atoms with Crippen LogP contribution >= 0.6 is 11.6 Å². The van der Waals surface area contributed by atoms with Crippen molar-refractivity contribution < 1.29 is 22.7 Å². The maximum Gasteiger partial charge on any atom is 0.268 e. The fourth-order valence-electron chi connectivity index (χ4n) is 2.53. The molecule has 1 fully saturated rings. The highest BCUT2D eigenvalue weighted by atomic mass is 35.5. The minimum Gasteiger partial charge on any atom is -0.360 e. The van der Waals surface area contributed by atoms with Gasteiger partial charge in [-0.25, -0.2) is 12.7 Å². The zero-order chi connectivity index (χ0) is 17.4. The predicted molar refractivity (Wildman–Crippen MR) is 84.3 cm³/mol. The topological polar surface area (TPSA) is 80.8 Å². The van der Waals surface area contributed by atoms with Crippen molar-refractivity contribution in [3.63, 3.8) is 0 Å². The zero-order valence-electron chi connectivity index (χ0n) is 13.1. The van der Waals surface area contributed by atoms with Gasteiger partial charge >= 0.3 is 0 Å². The van der Waals surface area contributed by atoms with Crippen LogP contribution in [0.15, 0.2) is 29.2 Å². The largest absolute Gasteiger partial charge is 0.360 e. The Labute approximate surface area is 140 Å². The summed E-state index contributed by atoms with van der Waals surface area (Å²) in [6, 6.07) is 5.48. The third-order valence-electron chi connectivity index (χ3n) is 4.24. The lowest BCUT2D eigenvalue weighted by Gasteiger charge is -2.41. The number of benzene rings is 1. The number of nitrogens with zero attached hydrogens (tertiary/aromatic N) is 1. The molecule has 1 aliphatic heterocycles. The Bertz CT molecular complexity index is 731. The van der Waals surface area contributed by atoms with E-state index in [0.29, 0.717) is 9.33 Å². The predicted octanol–water partition coefficient (Wildman–Crippen LogP) is 2.22. The lowest BCUT2D eigenvalue weighted by atomic mass is 9.78. The number of hydrogen-bond donors (Lipinski definition) is 0. The van der Waals surface area contributed by atoms with Gasteiger partial charge in [-0.2, -0.15) is 0 Å². The van der Waals surface area contributed by atoms with Crippen LogP contribution in [-0.4, -0.2) is 37.8 Å². The van der Waals surface area contributed by atoms with Crippen molar-refractivity contribution in [3.05, 3.63) is 29.3 Å². The number of halogens is 1. The Balaban J connectivity index is 2.53. The van der Waals surface area contributed by atoms with E-state index in [9.17, 15) is 18.0 Å². The number of carbonyl (C=O) groups is 2. The van der Waals surface area contributed by atoms with Crippen LogP contribution in [0.3, 0.4) is 0 Å². The summed E-state index contributed by atoms with van der Waals surface area (Å²) in [7, 11) is -2.81.